The van der Waals surface area contributed by atoms with Crippen LogP contribution in [-0.2, 0) is 4.74 Å². The lowest BCUT2D eigenvalue weighted by atomic mass is 9.82. The Morgan fingerprint density at radius 2 is 1.76 bits per heavy atom. The van der Waals surface area contributed by atoms with Gasteiger partial charge in [-0.25, -0.2) is 0 Å². The molecule has 0 bridgehead atoms. The summed E-state index contributed by atoms with van der Waals surface area (Å²) < 4.78 is 6.35. The van der Waals surface area contributed by atoms with Gasteiger partial charge in [0, 0.05) is 25.0 Å². The lowest BCUT2D eigenvalue weighted by Gasteiger charge is -2.34. The van der Waals surface area contributed by atoms with Crippen molar-refractivity contribution in [2.24, 2.45) is 5.92 Å². The van der Waals surface area contributed by atoms with Crippen molar-refractivity contribution in [2.45, 2.75) is 71.6 Å². The second-order valence-corrected chi connectivity index (χ2v) is 7.33. The summed E-state index contributed by atoms with van der Waals surface area (Å²) in [5, 5.41) is 13.0. The van der Waals surface area contributed by atoms with Crippen molar-refractivity contribution in [1.29, 1.82) is 0 Å². The van der Waals surface area contributed by atoms with Crippen LogP contribution in [0.1, 0.15) is 54.4 Å². The summed E-state index contributed by atoms with van der Waals surface area (Å²) in [5.74, 6) is 0.427. The minimum Gasteiger partial charge on any atom is -0.395 e. The number of likely N-dealkylation sites (N-methyl/N-ethyl adjacent to an activating group) is 1. The highest BCUT2D eigenvalue weighted by atomic mass is 16.5. The zero-order valence-corrected chi connectivity index (χ0v) is 14.9. The predicted molar refractivity (Wildman–Crippen MR) is 88.6 cm³/mol. The van der Waals surface area contributed by atoms with Gasteiger partial charge < -0.3 is 20.1 Å². The highest BCUT2D eigenvalue weighted by Gasteiger charge is 2.53. The summed E-state index contributed by atoms with van der Waals surface area (Å²) in [4.78, 5) is 2.39. The number of unbranched alkanes of at least 4 members (excludes halogenated alkanes) is 1. The van der Waals surface area contributed by atoms with Gasteiger partial charge in [-0.15, -0.1) is 0 Å². The standard InChI is InChI=1S/C17H36N2O2/c1-7-9-10-19(11-12-20)13-14-15(18-8-2)17(5,6)21-16(14,3)4/h14-15,18,20H,7-13H2,1-6H3. The summed E-state index contributed by atoms with van der Waals surface area (Å²) in [6, 6.07) is 0.348. The highest BCUT2D eigenvalue weighted by molar-refractivity contribution is 5.06. The van der Waals surface area contributed by atoms with Crippen molar-refractivity contribution >= 4 is 0 Å². The molecule has 1 fully saturated rings. The molecule has 0 radical (unpaired) electrons. The first-order valence-electron chi connectivity index (χ1n) is 8.55. The van der Waals surface area contributed by atoms with E-state index in [1.165, 1.54) is 12.8 Å². The number of nitrogens with zero attached hydrogens (tertiary/aromatic N) is 1. The first-order chi connectivity index (χ1) is 9.78. The lowest BCUT2D eigenvalue weighted by molar-refractivity contribution is -0.0797. The maximum absolute atomic E-state index is 9.32. The Hall–Kier alpha value is -0.160. The molecule has 1 aliphatic heterocycles. The van der Waals surface area contributed by atoms with Crippen molar-refractivity contribution in [1.82, 2.24) is 10.2 Å². The van der Waals surface area contributed by atoms with Crippen LogP contribution < -0.4 is 5.32 Å². The smallest absolute Gasteiger partial charge is 0.0790 e. The van der Waals surface area contributed by atoms with Gasteiger partial charge in [0.1, 0.15) is 0 Å². The summed E-state index contributed by atoms with van der Waals surface area (Å²) in [6.45, 7) is 17.1. The first-order valence-corrected chi connectivity index (χ1v) is 8.55. The van der Waals surface area contributed by atoms with Gasteiger partial charge in [-0.1, -0.05) is 20.3 Å². The van der Waals surface area contributed by atoms with Crippen LogP contribution in [0.15, 0.2) is 0 Å². The van der Waals surface area contributed by atoms with E-state index in [0.29, 0.717) is 12.0 Å². The van der Waals surface area contributed by atoms with Crippen molar-refractivity contribution in [2.75, 3.05) is 32.8 Å². The van der Waals surface area contributed by atoms with Crippen molar-refractivity contribution in [3.05, 3.63) is 0 Å². The maximum atomic E-state index is 9.32. The monoisotopic (exact) mass is 300 g/mol. The molecule has 1 heterocycles. The van der Waals surface area contributed by atoms with E-state index >= 15 is 0 Å². The Balaban J connectivity index is 2.83. The molecule has 4 heteroatoms. The van der Waals surface area contributed by atoms with Gasteiger partial charge in [-0.2, -0.15) is 0 Å². The Kier molecular flexibility index (Phi) is 7.11. The van der Waals surface area contributed by atoms with E-state index in [1.807, 2.05) is 0 Å². The highest BCUT2D eigenvalue weighted by Crippen LogP contribution is 2.42. The van der Waals surface area contributed by atoms with Crippen molar-refractivity contribution in [3.63, 3.8) is 0 Å². The zero-order valence-electron chi connectivity index (χ0n) is 14.9. The van der Waals surface area contributed by atoms with Crippen LogP contribution in [0.25, 0.3) is 0 Å². The van der Waals surface area contributed by atoms with Crippen LogP contribution in [-0.4, -0.2) is 60.0 Å². The van der Waals surface area contributed by atoms with Crippen LogP contribution in [0, 0.1) is 5.92 Å². The maximum Gasteiger partial charge on any atom is 0.0790 e. The Morgan fingerprint density at radius 3 is 2.29 bits per heavy atom. The molecule has 1 rings (SSSR count). The molecule has 0 aromatic heterocycles. The minimum atomic E-state index is -0.153. The molecule has 1 saturated heterocycles. The number of aliphatic hydroxyl groups excluding tert-OH is 1. The van der Waals surface area contributed by atoms with E-state index in [9.17, 15) is 5.11 Å². The molecule has 2 unspecified atom stereocenters. The minimum absolute atomic E-state index is 0.143. The molecular formula is C17H36N2O2. The van der Waals surface area contributed by atoms with E-state index in [4.69, 9.17) is 4.74 Å². The molecule has 0 aromatic rings. The second-order valence-electron chi connectivity index (χ2n) is 7.33. The molecule has 0 amide bonds. The van der Waals surface area contributed by atoms with Crippen LogP contribution in [0.2, 0.25) is 0 Å². The van der Waals surface area contributed by atoms with E-state index < -0.39 is 0 Å². The fourth-order valence-corrected chi connectivity index (χ4v) is 3.73. The fourth-order valence-electron chi connectivity index (χ4n) is 3.73. The topological polar surface area (TPSA) is 44.7 Å². The van der Waals surface area contributed by atoms with E-state index in [-0.39, 0.29) is 17.8 Å². The molecule has 0 aliphatic carbocycles. The van der Waals surface area contributed by atoms with Crippen LogP contribution in [0.4, 0.5) is 0 Å². The molecule has 4 nitrogen and oxygen atoms in total. The number of hydrogen-bond acceptors (Lipinski definition) is 4. The van der Waals surface area contributed by atoms with E-state index in [2.05, 4.69) is 51.8 Å². The van der Waals surface area contributed by atoms with Crippen LogP contribution >= 0.6 is 0 Å². The summed E-state index contributed by atoms with van der Waals surface area (Å²) in [7, 11) is 0. The predicted octanol–water partition coefficient (Wildman–Crippen LogP) is 2.26. The van der Waals surface area contributed by atoms with Gasteiger partial charge in [-0.3, -0.25) is 0 Å². The average molecular weight is 300 g/mol. The molecule has 2 N–H and O–H groups in total. The van der Waals surface area contributed by atoms with Gasteiger partial charge >= 0.3 is 0 Å². The number of rotatable bonds is 9. The number of nitrogens with one attached hydrogen (secondary N) is 1. The number of aliphatic hydroxyl groups is 1. The first kappa shape index (κ1) is 18.9. The van der Waals surface area contributed by atoms with Gasteiger partial charge in [-0.05, 0) is 47.2 Å². The molecule has 0 aromatic carbocycles. The Morgan fingerprint density at radius 1 is 1.10 bits per heavy atom. The largest absolute Gasteiger partial charge is 0.395 e. The summed E-state index contributed by atoms with van der Waals surface area (Å²) in [5.41, 5.74) is -0.296. The third-order valence-electron chi connectivity index (χ3n) is 4.69. The number of hydrogen-bond donors (Lipinski definition) is 2. The lowest BCUT2D eigenvalue weighted by Crippen LogP contribution is -2.51. The molecule has 0 saturated carbocycles. The quantitative estimate of drug-likeness (QED) is 0.685. The second kappa shape index (κ2) is 7.91. The van der Waals surface area contributed by atoms with Gasteiger partial charge in [0.25, 0.3) is 0 Å². The zero-order chi connectivity index (χ0) is 16.1. The third-order valence-corrected chi connectivity index (χ3v) is 4.69. The number of ether oxygens (including phenoxy) is 1. The molecule has 21 heavy (non-hydrogen) atoms. The third kappa shape index (κ3) is 4.92. The van der Waals surface area contributed by atoms with Gasteiger partial charge in [0.2, 0.25) is 0 Å². The SMILES string of the molecule is CCCCN(CCO)CC1C(NCC)C(C)(C)OC1(C)C. The van der Waals surface area contributed by atoms with E-state index in [0.717, 1.165) is 26.2 Å². The molecule has 1 aliphatic rings. The molecular weight excluding hydrogens is 264 g/mol. The summed E-state index contributed by atoms with van der Waals surface area (Å²) in [6.07, 6.45) is 2.37. The molecule has 2 atom stereocenters. The normalized spacial score (nSPS) is 27.4. The van der Waals surface area contributed by atoms with Crippen molar-refractivity contribution < 1.29 is 9.84 Å². The van der Waals surface area contributed by atoms with E-state index in [1.54, 1.807) is 0 Å². The van der Waals surface area contributed by atoms with Crippen LogP contribution in [0.5, 0.6) is 0 Å². The average Bonchev–Trinajstić information content (AvgIpc) is 2.54. The Bertz CT molecular complexity index is 305. The Labute approximate surface area is 131 Å². The van der Waals surface area contributed by atoms with Crippen molar-refractivity contribution in [3.8, 4) is 0 Å². The molecule has 0 spiro atoms. The van der Waals surface area contributed by atoms with Gasteiger partial charge in [0.05, 0.1) is 17.8 Å². The molecule has 126 valence electrons. The summed E-state index contributed by atoms with van der Waals surface area (Å²) >= 11 is 0. The fraction of sp³-hybridized carbons (Fsp3) is 1.00. The van der Waals surface area contributed by atoms with Crippen LogP contribution in [0.3, 0.4) is 0 Å². The van der Waals surface area contributed by atoms with Gasteiger partial charge in [0.15, 0.2) is 0 Å².